The van der Waals surface area contributed by atoms with Gasteiger partial charge in [0.15, 0.2) is 17.9 Å². The summed E-state index contributed by atoms with van der Waals surface area (Å²) in [5.74, 6) is -1.87. The maximum absolute atomic E-state index is 12.4. The fraction of sp³-hybridized carbons (Fsp3) is 0.250. The molecule has 0 radical (unpaired) electrons. The minimum atomic E-state index is -5.09. The zero-order valence-electron chi connectivity index (χ0n) is 7.96. The molecule has 0 aliphatic heterocycles. The standard InChI is InChI=1S/C8H5F5N2O2/c9-6(10)3-1-5(17-8(11,12)13)7(14)15-4(3)2-16/h1-2,6H,(H2,14,15). The van der Waals surface area contributed by atoms with E-state index in [9.17, 15) is 26.7 Å². The number of aldehydes is 1. The first-order valence-electron chi connectivity index (χ1n) is 4.04. The second-order valence-corrected chi connectivity index (χ2v) is 2.81. The molecule has 17 heavy (non-hydrogen) atoms. The SMILES string of the molecule is Nc1nc(C=O)c(C(F)F)cc1OC(F)(F)F. The number of nitrogen functional groups attached to an aromatic ring is 1. The minimum absolute atomic E-state index is 0.0325. The number of alkyl halides is 5. The largest absolute Gasteiger partial charge is 0.573 e. The van der Waals surface area contributed by atoms with E-state index < -0.39 is 35.6 Å². The molecule has 94 valence electrons. The molecule has 2 N–H and O–H groups in total. The van der Waals surface area contributed by atoms with Crippen LogP contribution in [-0.2, 0) is 0 Å². The lowest BCUT2D eigenvalue weighted by atomic mass is 10.2. The third-order valence-electron chi connectivity index (χ3n) is 1.65. The lowest BCUT2D eigenvalue weighted by Crippen LogP contribution is -2.19. The van der Waals surface area contributed by atoms with Gasteiger partial charge in [-0.05, 0) is 6.07 Å². The van der Waals surface area contributed by atoms with Gasteiger partial charge in [-0.2, -0.15) is 0 Å². The summed E-state index contributed by atoms with van der Waals surface area (Å²) in [6.45, 7) is 0. The average molecular weight is 256 g/mol. The molecule has 0 aliphatic rings. The van der Waals surface area contributed by atoms with Crippen LogP contribution in [0.25, 0.3) is 0 Å². The molecule has 1 aromatic rings. The monoisotopic (exact) mass is 256 g/mol. The minimum Gasteiger partial charge on any atom is -0.402 e. The Bertz CT molecular complexity index is 433. The Morgan fingerprint density at radius 1 is 1.41 bits per heavy atom. The molecule has 1 aromatic heterocycles. The number of ether oxygens (including phenoxy) is 1. The van der Waals surface area contributed by atoms with Gasteiger partial charge in [-0.3, -0.25) is 4.79 Å². The van der Waals surface area contributed by atoms with Crippen LogP contribution in [0.4, 0.5) is 27.8 Å². The van der Waals surface area contributed by atoms with Gasteiger partial charge in [0.1, 0.15) is 5.69 Å². The van der Waals surface area contributed by atoms with E-state index in [4.69, 9.17) is 5.73 Å². The molecule has 0 atom stereocenters. The molecular formula is C8H5F5N2O2. The number of nitrogens with two attached hydrogens (primary N) is 1. The topological polar surface area (TPSA) is 65.2 Å². The Hall–Kier alpha value is -1.93. The Morgan fingerprint density at radius 3 is 2.41 bits per heavy atom. The van der Waals surface area contributed by atoms with E-state index in [1.54, 1.807) is 0 Å². The van der Waals surface area contributed by atoms with Crippen LogP contribution in [-0.4, -0.2) is 17.6 Å². The number of aromatic nitrogens is 1. The van der Waals surface area contributed by atoms with Crippen molar-refractivity contribution in [2.45, 2.75) is 12.8 Å². The van der Waals surface area contributed by atoms with Crippen molar-refractivity contribution in [2.24, 2.45) is 0 Å². The van der Waals surface area contributed by atoms with E-state index in [0.29, 0.717) is 6.07 Å². The van der Waals surface area contributed by atoms with Crippen LogP contribution in [0.2, 0.25) is 0 Å². The van der Waals surface area contributed by atoms with Crippen LogP contribution in [0, 0.1) is 0 Å². The summed E-state index contributed by atoms with van der Waals surface area (Å²) in [6.07, 6.45) is -8.29. The Morgan fingerprint density at radius 2 is 2.00 bits per heavy atom. The van der Waals surface area contributed by atoms with Gasteiger partial charge >= 0.3 is 6.36 Å². The molecule has 0 saturated heterocycles. The number of carbonyl (C=O) groups is 1. The summed E-state index contributed by atoms with van der Waals surface area (Å²) in [7, 11) is 0. The molecule has 0 saturated carbocycles. The average Bonchev–Trinajstić information content (AvgIpc) is 2.18. The van der Waals surface area contributed by atoms with Crippen LogP contribution in [0.15, 0.2) is 6.07 Å². The van der Waals surface area contributed by atoms with Crippen molar-refractivity contribution in [1.82, 2.24) is 4.98 Å². The highest BCUT2D eigenvalue weighted by Gasteiger charge is 2.33. The predicted octanol–water partition coefficient (Wildman–Crippen LogP) is 2.31. The third-order valence-corrected chi connectivity index (χ3v) is 1.65. The first-order valence-corrected chi connectivity index (χ1v) is 4.04. The third kappa shape index (κ3) is 3.26. The number of anilines is 1. The lowest BCUT2D eigenvalue weighted by molar-refractivity contribution is -0.274. The van der Waals surface area contributed by atoms with Crippen molar-refractivity contribution in [1.29, 1.82) is 0 Å². The quantitative estimate of drug-likeness (QED) is 0.665. The predicted molar refractivity (Wildman–Crippen MR) is 45.7 cm³/mol. The van der Waals surface area contributed by atoms with Crippen LogP contribution >= 0.6 is 0 Å². The second-order valence-electron chi connectivity index (χ2n) is 2.81. The van der Waals surface area contributed by atoms with Gasteiger partial charge in [0.25, 0.3) is 6.43 Å². The highest BCUT2D eigenvalue weighted by molar-refractivity contribution is 5.76. The highest BCUT2D eigenvalue weighted by atomic mass is 19.4. The van der Waals surface area contributed by atoms with Gasteiger partial charge in [0.05, 0.1) is 5.56 Å². The first kappa shape index (κ1) is 13.1. The molecule has 0 fully saturated rings. The molecule has 0 amide bonds. The van der Waals surface area contributed by atoms with Gasteiger partial charge in [-0.15, -0.1) is 13.2 Å². The normalized spacial score (nSPS) is 11.6. The molecule has 4 nitrogen and oxygen atoms in total. The first-order chi connectivity index (χ1) is 7.74. The molecule has 0 aromatic carbocycles. The zero-order valence-corrected chi connectivity index (χ0v) is 7.96. The summed E-state index contributed by atoms with van der Waals surface area (Å²) in [5, 5.41) is 0. The molecule has 0 unspecified atom stereocenters. The summed E-state index contributed by atoms with van der Waals surface area (Å²) >= 11 is 0. The van der Waals surface area contributed by atoms with E-state index in [1.807, 2.05) is 0 Å². The Kier molecular flexibility index (Phi) is 3.49. The molecule has 0 spiro atoms. The molecule has 9 heteroatoms. The van der Waals surface area contributed by atoms with Gasteiger partial charge in [0, 0.05) is 0 Å². The van der Waals surface area contributed by atoms with Gasteiger partial charge < -0.3 is 10.5 Å². The van der Waals surface area contributed by atoms with Crippen LogP contribution in [0.3, 0.4) is 0 Å². The zero-order chi connectivity index (χ0) is 13.2. The fourth-order valence-corrected chi connectivity index (χ4v) is 1.01. The van der Waals surface area contributed by atoms with E-state index in [2.05, 4.69) is 9.72 Å². The Labute approximate surface area is 91.2 Å². The van der Waals surface area contributed by atoms with Crippen LogP contribution in [0.1, 0.15) is 22.5 Å². The van der Waals surface area contributed by atoms with Crippen molar-refractivity contribution in [3.63, 3.8) is 0 Å². The van der Waals surface area contributed by atoms with E-state index >= 15 is 0 Å². The molecule has 1 heterocycles. The van der Waals surface area contributed by atoms with Crippen molar-refractivity contribution in [3.8, 4) is 5.75 Å². The summed E-state index contributed by atoms with van der Waals surface area (Å²) in [5.41, 5.74) is 3.33. The molecule has 0 aliphatic carbocycles. The van der Waals surface area contributed by atoms with Gasteiger partial charge in [-0.25, -0.2) is 13.8 Å². The van der Waals surface area contributed by atoms with E-state index in [1.165, 1.54) is 0 Å². The highest BCUT2D eigenvalue weighted by Crippen LogP contribution is 2.32. The number of nitrogens with zero attached hydrogens (tertiary/aromatic N) is 1. The number of hydrogen-bond donors (Lipinski definition) is 1. The van der Waals surface area contributed by atoms with E-state index in [-0.39, 0.29) is 6.29 Å². The lowest BCUT2D eigenvalue weighted by Gasteiger charge is -2.12. The number of carbonyl (C=O) groups excluding carboxylic acids is 1. The Balaban J connectivity index is 3.24. The number of halogens is 5. The van der Waals surface area contributed by atoms with Crippen molar-refractivity contribution in [2.75, 3.05) is 5.73 Å². The molecular weight excluding hydrogens is 251 g/mol. The van der Waals surface area contributed by atoms with Gasteiger partial charge in [-0.1, -0.05) is 0 Å². The fourth-order valence-electron chi connectivity index (χ4n) is 1.01. The maximum atomic E-state index is 12.4. The summed E-state index contributed by atoms with van der Waals surface area (Å²) < 4.78 is 63.8. The molecule has 0 bridgehead atoms. The second kappa shape index (κ2) is 4.52. The summed E-state index contributed by atoms with van der Waals surface area (Å²) in [6, 6.07) is 0.338. The maximum Gasteiger partial charge on any atom is 0.573 e. The number of pyridine rings is 1. The number of rotatable bonds is 3. The van der Waals surface area contributed by atoms with Crippen molar-refractivity contribution >= 4 is 12.1 Å². The smallest absolute Gasteiger partial charge is 0.402 e. The molecule has 1 rings (SSSR count). The van der Waals surface area contributed by atoms with Crippen molar-refractivity contribution < 1.29 is 31.5 Å². The van der Waals surface area contributed by atoms with Crippen LogP contribution < -0.4 is 10.5 Å². The summed E-state index contributed by atoms with van der Waals surface area (Å²) in [4.78, 5) is 13.5. The van der Waals surface area contributed by atoms with E-state index in [0.717, 1.165) is 0 Å². The van der Waals surface area contributed by atoms with Crippen molar-refractivity contribution in [3.05, 3.63) is 17.3 Å². The van der Waals surface area contributed by atoms with Crippen LogP contribution in [0.5, 0.6) is 5.75 Å². The number of hydrogen-bond acceptors (Lipinski definition) is 4. The van der Waals surface area contributed by atoms with Gasteiger partial charge in [0.2, 0.25) is 0 Å².